The SMILES string of the molecule is CC(O)(Cn1cc(Br)cn1)c1nc(-c2c[nH]c(=O)cn2)no1. The van der Waals surface area contributed by atoms with E-state index in [0.29, 0.717) is 5.69 Å². The second kappa shape index (κ2) is 5.46. The van der Waals surface area contributed by atoms with Crippen LogP contribution in [0.25, 0.3) is 11.5 Å². The van der Waals surface area contributed by atoms with Gasteiger partial charge in [0.05, 0.1) is 23.4 Å². The number of halogens is 1. The molecule has 0 aliphatic carbocycles. The summed E-state index contributed by atoms with van der Waals surface area (Å²) in [5.74, 6) is 0.204. The number of aromatic nitrogens is 6. The van der Waals surface area contributed by atoms with Gasteiger partial charge in [0.15, 0.2) is 5.60 Å². The van der Waals surface area contributed by atoms with Crippen molar-refractivity contribution in [3.63, 3.8) is 0 Å². The molecule has 0 spiro atoms. The lowest BCUT2D eigenvalue weighted by atomic mass is 10.1. The molecule has 22 heavy (non-hydrogen) atoms. The summed E-state index contributed by atoms with van der Waals surface area (Å²) in [6.45, 7) is 1.68. The summed E-state index contributed by atoms with van der Waals surface area (Å²) >= 11 is 3.28. The van der Waals surface area contributed by atoms with Crippen LogP contribution in [0.4, 0.5) is 0 Å². The average molecular weight is 367 g/mol. The molecule has 0 saturated heterocycles. The molecule has 10 heteroatoms. The summed E-state index contributed by atoms with van der Waals surface area (Å²) in [6.07, 6.45) is 5.82. The van der Waals surface area contributed by atoms with E-state index in [1.165, 1.54) is 6.20 Å². The molecule has 0 aliphatic rings. The Morgan fingerprint density at radius 2 is 2.32 bits per heavy atom. The number of hydrogen-bond acceptors (Lipinski definition) is 7. The van der Waals surface area contributed by atoms with Gasteiger partial charge in [0.2, 0.25) is 5.82 Å². The van der Waals surface area contributed by atoms with Crippen molar-refractivity contribution in [3.8, 4) is 11.5 Å². The van der Waals surface area contributed by atoms with Gasteiger partial charge in [-0.05, 0) is 22.9 Å². The van der Waals surface area contributed by atoms with Crippen molar-refractivity contribution >= 4 is 15.9 Å². The van der Waals surface area contributed by atoms with Gasteiger partial charge >= 0.3 is 0 Å². The molecule has 0 saturated carbocycles. The van der Waals surface area contributed by atoms with E-state index in [9.17, 15) is 9.90 Å². The highest BCUT2D eigenvalue weighted by Gasteiger charge is 2.31. The molecule has 1 atom stereocenters. The Balaban J connectivity index is 1.85. The first-order valence-corrected chi connectivity index (χ1v) is 7.03. The lowest BCUT2D eigenvalue weighted by Gasteiger charge is -2.18. The molecular weight excluding hydrogens is 356 g/mol. The van der Waals surface area contributed by atoms with E-state index in [1.54, 1.807) is 24.0 Å². The Morgan fingerprint density at radius 1 is 1.50 bits per heavy atom. The van der Waals surface area contributed by atoms with E-state index in [2.05, 4.69) is 41.1 Å². The Labute approximate surface area is 132 Å². The van der Waals surface area contributed by atoms with Crippen LogP contribution < -0.4 is 5.56 Å². The third kappa shape index (κ3) is 2.97. The molecule has 0 aliphatic heterocycles. The van der Waals surface area contributed by atoms with Crippen LogP contribution in [0.3, 0.4) is 0 Å². The van der Waals surface area contributed by atoms with Crippen molar-refractivity contribution in [2.75, 3.05) is 0 Å². The zero-order valence-electron chi connectivity index (χ0n) is 11.4. The Kier molecular flexibility index (Phi) is 3.62. The van der Waals surface area contributed by atoms with Crippen molar-refractivity contribution in [2.45, 2.75) is 19.1 Å². The number of hydrogen-bond donors (Lipinski definition) is 2. The second-order valence-electron chi connectivity index (χ2n) is 4.85. The zero-order chi connectivity index (χ0) is 15.7. The van der Waals surface area contributed by atoms with Gasteiger partial charge in [-0.1, -0.05) is 5.16 Å². The van der Waals surface area contributed by atoms with Crippen LogP contribution in [0, 0.1) is 0 Å². The minimum Gasteiger partial charge on any atom is -0.378 e. The fourth-order valence-corrected chi connectivity index (χ4v) is 2.15. The van der Waals surface area contributed by atoms with Crippen LogP contribution in [-0.4, -0.2) is 35.0 Å². The van der Waals surface area contributed by atoms with Crippen LogP contribution in [0.5, 0.6) is 0 Å². The van der Waals surface area contributed by atoms with Gasteiger partial charge in [-0.25, -0.2) is 4.98 Å². The Bertz CT molecular complexity index is 832. The molecule has 3 aromatic heterocycles. The van der Waals surface area contributed by atoms with Gasteiger partial charge in [0.1, 0.15) is 5.69 Å². The van der Waals surface area contributed by atoms with Crippen LogP contribution in [0.2, 0.25) is 0 Å². The van der Waals surface area contributed by atoms with Gasteiger partial charge in [-0.3, -0.25) is 9.48 Å². The van der Waals surface area contributed by atoms with E-state index in [1.807, 2.05) is 0 Å². The van der Waals surface area contributed by atoms with E-state index in [-0.39, 0.29) is 23.8 Å². The predicted molar refractivity (Wildman–Crippen MR) is 77.6 cm³/mol. The van der Waals surface area contributed by atoms with Gasteiger partial charge in [-0.15, -0.1) is 0 Å². The molecule has 0 bridgehead atoms. The summed E-state index contributed by atoms with van der Waals surface area (Å²) in [5.41, 5.74) is -1.39. The van der Waals surface area contributed by atoms with Crippen molar-refractivity contribution in [2.24, 2.45) is 0 Å². The van der Waals surface area contributed by atoms with E-state index >= 15 is 0 Å². The molecule has 3 aromatic rings. The first-order chi connectivity index (χ1) is 10.4. The van der Waals surface area contributed by atoms with Crippen LogP contribution in [-0.2, 0) is 12.1 Å². The molecule has 9 nitrogen and oxygen atoms in total. The standard InChI is InChI=1S/C12H11BrN6O3/c1-12(21,6-19-5-7(13)2-16-19)11-17-10(18-22-11)8-3-15-9(20)4-14-8/h2-5,21H,6H2,1H3,(H,15,20). The Morgan fingerprint density at radius 3 is 2.95 bits per heavy atom. The number of aliphatic hydroxyl groups is 1. The largest absolute Gasteiger partial charge is 0.378 e. The second-order valence-corrected chi connectivity index (χ2v) is 5.77. The molecular formula is C12H11BrN6O3. The topological polar surface area (TPSA) is 123 Å². The molecule has 3 rings (SSSR count). The molecule has 0 amide bonds. The van der Waals surface area contributed by atoms with Crippen molar-refractivity contribution < 1.29 is 9.63 Å². The Hall–Kier alpha value is -2.33. The molecule has 3 heterocycles. The lowest BCUT2D eigenvalue weighted by molar-refractivity contribution is 0.00308. The molecule has 0 fully saturated rings. The van der Waals surface area contributed by atoms with Crippen molar-refractivity contribution in [1.82, 2.24) is 29.9 Å². The highest BCUT2D eigenvalue weighted by Crippen LogP contribution is 2.23. The number of rotatable bonds is 4. The van der Waals surface area contributed by atoms with E-state index in [4.69, 9.17) is 4.52 Å². The monoisotopic (exact) mass is 366 g/mol. The number of nitrogens with one attached hydrogen (secondary N) is 1. The van der Waals surface area contributed by atoms with Crippen molar-refractivity contribution in [3.05, 3.63) is 45.5 Å². The number of H-pyrrole nitrogens is 1. The maximum Gasteiger partial charge on any atom is 0.266 e. The average Bonchev–Trinajstić information content (AvgIpc) is 3.09. The van der Waals surface area contributed by atoms with E-state index < -0.39 is 5.60 Å². The summed E-state index contributed by atoms with van der Waals surface area (Å²) in [6, 6.07) is 0. The van der Waals surface area contributed by atoms with Gasteiger partial charge in [-0.2, -0.15) is 10.1 Å². The first kappa shape index (κ1) is 14.6. The first-order valence-electron chi connectivity index (χ1n) is 6.24. The maximum atomic E-state index is 11.0. The number of nitrogens with zero attached hydrogens (tertiary/aromatic N) is 5. The lowest BCUT2D eigenvalue weighted by Crippen LogP contribution is -2.28. The highest BCUT2D eigenvalue weighted by atomic mass is 79.9. The highest BCUT2D eigenvalue weighted by molar-refractivity contribution is 9.10. The molecule has 1 unspecified atom stereocenters. The predicted octanol–water partition coefficient (Wildman–Crippen LogP) is 0.687. The van der Waals surface area contributed by atoms with Gasteiger partial charge < -0.3 is 14.6 Å². The summed E-state index contributed by atoms with van der Waals surface area (Å²) in [5, 5.41) is 18.3. The third-order valence-corrected chi connectivity index (χ3v) is 3.27. The maximum absolute atomic E-state index is 11.0. The summed E-state index contributed by atoms with van der Waals surface area (Å²) in [7, 11) is 0. The normalized spacial score (nSPS) is 14.0. The molecule has 114 valence electrons. The fourth-order valence-electron chi connectivity index (χ4n) is 1.82. The van der Waals surface area contributed by atoms with Crippen molar-refractivity contribution in [1.29, 1.82) is 0 Å². The minimum atomic E-state index is -1.40. The minimum absolute atomic E-state index is 0.0297. The number of aromatic amines is 1. The van der Waals surface area contributed by atoms with Crippen LogP contribution in [0.1, 0.15) is 12.8 Å². The fraction of sp³-hybridized carbons (Fsp3) is 0.250. The smallest absolute Gasteiger partial charge is 0.266 e. The molecule has 0 aromatic carbocycles. The van der Waals surface area contributed by atoms with Gasteiger partial charge in [0, 0.05) is 12.4 Å². The van der Waals surface area contributed by atoms with Crippen LogP contribution >= 0.6 is 15.9 Å². The molecule has 0 radical (unpaired) electrons. The zero-order valence-corrected chi connectivity index (χ0v) is 13.0. The quantitative estimate of drug-likeness (QED) is 0.695. The van der Waals surface area contributed by atoms with Crippen LogP contribution in [0.15, 0.2) is 38.6 Å². The van der Waals surface area contributed by atoms with E-state index in [0.717, 1.165) is 10.7 Å². The third-order valence-electron chi connectivity index (χ3n) is 2.86. The summed E-state index contributed by atoms with van der Waals surface area (Å²) in [4.78, 5) is 21.5. The molecule has 2 N–H and O–H groups in total. The summed E-state index contributed by atoms with van der Waals surface area (Å²) < 4.78 is 7.44. The van der Waals surface area contributed by atoms with Gasteiger partial charge in [0.25, 0.3) is 11.4 Å².